The molecule has 1 unspecified atom stereocenters. The van der Waals surface area contributed by atoms with Crippen LogP contribution >= 0.6 is 12.4 Å². The molecule has 2 aliphatic rings. The number of hydrogen-bond donors (Lipinski definition) is 1. The Hall–Kier alpha value is -1.15. The van der Waals surface area contributed by atoms with Crippen LogP contribution in [0.25, 0.3) is 0 Å². The lowest BCUT2D eigenvalue weighted by atomic mass is 9.96. The number of nitrogens with zero attached hydrogens (tertiary/aromatic N) is 2. The van der Waals surface area contributed by atoms with Crippen molar-refractivity contribution in [3.8, 4) is 0 Å². The fourth-order valence-corrected chi connectivity index (χ4v) is 5.53. The van der Waals surface area contributed by atoms with Crippen molar-refractivity contribution in [3.05, 3.63) is 29.3 Å². The zero-order valence-corrected chi connectivity index (χ0v) is 17.7. The number of likely N-dealkylation sites (tertiary alicyclic amines) is 1. The molecule has 0 spiro atoms. The highest BCUT2D eigenvalue weighted by molar-refractivity contribution is 7.89. The maximum atomic E-state index is 12.9. The molecule has 1 aromatic carbocycles. The summed E-state index contributed by atoms with van der Waals surface area (Å²) in [5, 5.41) is 0. The molecule has 1 atom stereocenters. The first-order valence-corrected chi connectivity index (χ1v) is 10.9. The Morgan fingerprint density at radius 3 is 2.37 bits per heavy atom. The molecule has 0 radical (unpaired) electrons. The Balaban J connectivity index is 0.00000261. The predicted octanol–water partition coefficient (Wildman–Crippen LogP) is 2.08. The van der Waals surface area contributed by atoms with Crippen LogP contribution in [0.5, 0.6) is 0 Å². The van der Waals surface area contributed by atoms with Crippen molar-refractivity contribution in [1.82, 2.24) is 9.21 Å². The third-order valence-corrected chi connectivity index (χ3v) is 7.75. The monoisotopic (exact) mass is 415 g/mol. The minimum Gasteiger partial charge on any atom is -0.338 e. The van der Waals surface area contributed by atoms with Gasteiger partial charge in [-0.25, -0.2) is 8.42 Å². The number of amides is 1. The lowest BCUT2D eigenvalue weighted by Gasteiger charge is -2.34. The third-order valence-electron chi connectivity index (χ3n) is 5.85. The van der Waals surface area contributed by atoms with Crippen LogP contribution in [-0.4, -0.2) is 55.8 Å². The maximum absolute atomic E-state index is 12.9. The molecule has 3 rings (SSSR count). The fourth-order valence-electron chi connectivity index (χ4n) is 3.97. The highest BCUT2D eigenvalue weighted by Crippen LogP contribution is 2.28. The summed E-state index contributed by atoms with van der Waals surface area (Å²) in [5.74, 6) is 0.0644. The second-order valence-electron chi connectivity index (χ2n) is 7.49. The van der Waals surface area contributed by atoms with E-state index in [4.69, 9.17) is 5.73 Å². The fraction of sp³-hybridized carbons (Fsp3) is 0.632. The number of nitrogens with two attached hydrogens (primary N) is 1. The van der Waals surface area contributed by atoms with Crippen molar-refractivity contribution in [2.75, 3.05) is 26.2 Å². The van der Waals surface area contributed by atoms with Gasteiger partial charge in [0.15, 0.2) is 0 Å². The molecule has 6 nitrogen and oxygen atoms in total. The molecule has 8 heteroatoms. The summed E-state index contributed by atoms with van der Waals surface area (Å²) in [5.41, 5.74) is 7.82. The van der Waals surface area contributed by atoms with Crippen molar-refractivity contribution >= 4 is 28.3 Å². The van der Waals surface area contributed by atoms with Gasteiger partial charge >= 0.3 is 0 Å². The first kappa shape index (κ1) is 22.1. The van der Waals surface area contributed by atoms with E-state index in [0.29, 0.717) is 37.4 Å². The quantitative estimate of drug-likeness (QED) is 0.815. The summed E-state index contributed by atoms with van der Waals surface area (Å²) in [6.07, 6.45) is 3.14. The number of piperidine rings is 1. The second kappa shape index (κ2) is 8.90. The van der Waals surface area contributed by atoms with Gasteiger partial charge in [0.25, 0.3) is 0 Å². The Kier molecular flexibility index (Phi) is 7.30. The molecule has 2 heterocycles. The molecule has 2 aliphatic heterocycles. The van der Waals surface area contributed by atoms with Gasteiger partial charge in [0.1, 0.15) is 0 Å². The van der Waals surface area contributed by atoms with Gasteiger partial charge in [0.2, 0.25) is 15.9 Å². The van der Waals surface area contributed by atoms with Gasteiger partial charge in [-0.15, -0.1) is 12.4 Å². The molecule has 2 N–H and O–H groups in total. The summed E-state index contributed by atoms with van der Waals surface area (Å²) < 4.78 is 27.3. The van der Waals surface area contributed by atoms with Gasteiger partial charge in [0, 0.05) is 38.1 Å². The molecular formula is C19H30ClN3O3S. The highest BCUT2D eigenvalue weighted by atomic mass is 35.5. The Bertz CT molecular complexity index is 776. The Morgan fingerprint density at radius 2 is 1.78 bits per heavy atom. The standard InChI is InChI=1S/C19H29N3O3S.ClH/c1-14-5-6-18(12-15(14)2)26(24,25)21-10-7-16(8-11-21)19(23)22-9-3-4-17(22)13-20;/h5-6,12,16-17H,3-4,7-11,13,20H2,1-2H3;1H. The van der Waals surface area contributed by atoms with Crippen LogP contribution in [0.1, 0.15) is 36.8 Å². The van der Waals surface area contributed by atoms with E-state index >= 15 is 0 Å². The summed E-state index contributed by atoms with van der Waals surface area (Å²) >= 11 is 0. The summed E-state index contributed by atoms with van der Waals surface area (Å²) in [6.45, 7) is 5.96. The second-order valence-corrected chi connectivity index (χ2v) is 9.43. The molecule has 1 amide bonds. The van der Waals surface area contributed by atoms with E-state index in [2.05, 4.69) is 0 Å². The first-order valence-electron chi connectivity index (χ1n) is 9.42. The van der Waals surface area contributed by atoms with E-state index in [-0.39, 0.29) is 30.3 Å². The number of carbonyl (C=O) groups is 1. The van der Waals surface area contributed by atoms with Crippen molar-refractivity contribution in [2.45, 2.75) is 50.5 Å². The molecule has 1 aromatic rings. The van der Waals surface area contributed by atoms with Crippen LogP contribution < -0.4 is 5.73 Å². The molecule has 2 fully saturated rings. The van der Waals surface area contributed by atoms with E-state index in [0.717, 1.165) is 30.5 Å². The van der Waals surface area contributed by atoms with Crippen LogP contribution in [-0.2, 0) is 14.8 Å². The highest BCUT2D eigenvalue weighted by Gasteiger charge is 2.36. The van der Waals surface area contributed by atoms with Crippen LogP contribution in [0.2, 0.25) is 0 Å². The summed E-state index contributed by atoms with van der Waals surface area (Å²) in [7, 11) is -3.50. The molecule has 27 heavy (non-hydrogen) atoms. The van der Waals surface area contributed by atoms with Gasteiger partial charge in [-0.05, 0) is 62.8 Å². The molecule has 152 valence electrons. The number of aryl methyl sites for hydroxylation is 2. The van der Waals surface area contributed by atoms with Crippen LogP contribution in [0.4, 0.5) is 0 Å². The SMILES string of the molecule is Cc1ccc(S(=O)(=O)N2CCC(C(=O)N3CCCC3CN)CC2)cc1C.Cl. The number of rotatable bonds is 4. The van der Waals surface area contributed by atoms with Crippen LogP contribution in [0.3, 0.4) is 0 Å². The van der Waals surface area contributed by atoms with E-state index in [1.54, 1.807) is 12.1 Å². The minimum absolute atomic E-state index is 0. The number of hydrogen-bond acceptors (Lipinski definition) is 4. The van der Waals surface area contributed by atoms with Crippen LogP contribution in [0, 0.1) is 19.8 Å². The molecule has 0 bridgehead atoms. The average Bonchev–Trinajstić information content (AvgIpc) is 3.12. The molecular weight excluding hydrogens is 386 g/mol. The Labute approximate surface area is 168 Å². The first-order chi connectivity index (χ1) is 12.3. The van der Waals surface area contributed by atoms with Crippen molar-refractivity contribution in [2.24, 2.45) is 11.7 Å². The number of carbonyl (C=O) groups excluding carboxylic acids is 1. The molecule has 0 saturated carbocycles. The summed E-state index contributed by atoms with van der Waals surface area (Å²) in [4.78, 5) is 15.0. The third kappa shape index (κ3) is 4.47. The van der Waals surface area contributed by atoms with E-state index in [1.807, 2.05) is 24.8 Å². The molecule has 0 aromatic heterocycles. The molecule has 2 saturated heterocycles. The van der Waals surface area contributed by atoms with Crippen molar-refractivity contribution in [1.29, 1.82) is 0 Å². The lowest BCUT2D eigenvalue weighted by Crippen LogP contribution is -2.47. The van der Waals surface area contributed by atoms with Gasteiger partial charge in [-0.3, -0.25) is 4.79 Å². The predicted molar refractivity (Wildman–Crippen MR) is 108 cm³/mol. The number of benzene rings is 1. The van der Waals surface area contributed by atoms with Crippen molar-refractivity contribution in [3.63, 3.8) is 0 Å². The lowest BCUT2D eigenvalue weighted by molar-refractivity contribution is -0.137. The maximum Gasteiger partial charge on any atom is 0.243 e. The van der Waals surface area contributed by atoms with Gasteiger partial charge in [0.05, 0.1) is 4.90 Å². The smallest absolute Gasteiger partial charge is 0.243 e. The van der Waals surface area contributed by atoms with E-state index in [1.165, 1.54) is 4.31 Å². The van der Waals surface area contributed by atoms with Crippen molar-refractivity contribution < 1.29 is 13.2 Å². The van der Waals surface area contributed by atoms with Gasteiger partial charge in [-0.1, -0.05) is 6.07 Å². The van der Waals surface area contributed by atoms with E-state index < -0.39 is 10.0 Å². The number of sulfonamides is 1. The topological polar surface area (TPSA) is 83.7 Å². The Morgan fingerprint density at radius 1 is 1.11 bits per heavy atom. The normalized spacial score (nSPS) is 21.9. The number of halogens is 1. The van der Waals surface area contributed by atoms with Crippen LogP contribution in [0.15, 0.2) is 23.1 Å². The zero-order chi connectivity index (χ0) is 18.9. The van der Waals surface area contributed by atoms with Gasteiger partial charge < -0.3 is 10.6 Å². The zero-order valence-electron chi connectivity index (χ0n) is 16.1. The largest absolute Gasteiger partial charge is 0.338 e. The molecule has 0 aliphatic carbocycles. The van der Waals surface area contributed by atoms with Gasteiger partial charge in [-0.2, -0.15) is 4.31 Å². The minimum atomic E-state index is -3.50. The average molecular weight is 416 g/mol. The van der Waals surface area contributed by atoms with E-state index in [9.17, 15) is 13.2 Å². The summed E-state index contributed by atoms with van der Waals surface area (Å²) in [6, 6.07) is 5.40.